The van der Waals surface area contributed by atoms with Crippen molar-refractivity contribution in [3.8, 4) is 16.9 Å². The van der Waals surface area contributed by atoms with Crippen LogP contribution in [0.15, 0.2) is 35.0 Å². The highest BCUT2D eigenvalue weighted by atomic mass is 16.5. The quantitative estimate of drug-likeness (QED) is 0.560. The first kappa shape index (κ1) is 22.8. The molecule has 0 aliphatic carbocycles. The zero-order chi connectivity index (χ0) is 23.5. The summed E-state index contributed by atoms with van der Waals surface area (Å²) in [7, 11) is 5.50. The van der Waals surface area contributed by atoms with Crippen molar-refractivity contribution >= 4 is 11.9 Å². The molecule has 1 aliphatic rings. The minimum absolute atomic E-state index is 0.0693. The second-order valence-corrected chi connectivity index (χ2v) is 8.67. The number of hydrogen-bond acceptors (Lipinski definition) is 7. The Balaban J connectivity index is 1.73. The molecule has 0 radical (unpaired) electrons. The maximum absolute atomic E-state index is 13.5. The molecule has 4 rings (SSSR count). The molecule has 33 heavy (non-hydrogen) atoms. The fourth-order valence-electron chi connectivity index (χ4n) is 4.37. The van der Waals surface area contributed by atoms with Gasteiger partial charge in [0.25, 0.3) is 0 Å². The zero-order valence-corrected chi connectivity index (χ0v) is 20.0. The van der Waals surface area contributed by atoms with E-state index < -0.39 is 0 Å². The predicted molar refractivity (Wildman–Crippen MR) is 126 cm³/mol. The van der Waals surface area contributed by atoms with Gasteiger partial charge in [-0.3, -0.25) is 4.79 Å². The molecule has 1 atom stereocenters. The molecule has 0 spiro atoms. The summed E-state index contributed by atoms with van der Waals surface area (Å²) >= 11 is 0. The summed E-state index contributed by atoms with van der Waals surface area (Å²) in [4.78, 5) is 26.9. The summed E-state index contributed by atoms with van der Waals surface area (Å²) in [6.07, 6.45) is 5.03. The molecule has 0 N–H and O–H groups in total. The van der Waals surface area contributed by atoms with Crippen molar-refractivity contribution in [2.75, 3.05) is 32.6 Å². The maximum atomic E-state index is 13.5. The molecule has 1 aliphatic heterocycles. The van der Waals surface area contributed by atoms with Gasteiger partial charge in [0.1, 0.15) is 11.5 Å². The van der Waals surface area contributed by atoms with Gasteiger partial charge in [-0.25, -0.2) is 9.97 Å². The van der Waals surface area contributed by atoms with E-state index in [9.17, 15) is 4.79 Å². The van der Waals surface area contributed by atoms with Crippen LogP contribution in [-0.2, 0) is 11.2 Å². The lowest BCUT2D eigenvalue weighted by Crippen LogP contribution is -2.40. The average molecular weight is 450 g/mol. The number of piperidine rings is 1. The van der Waals surface area contributed by atoms with Crippen molar-refractivity contribution < 1.29 is 14.1 Å². The van der Waals surface area contributed by atoms with Gasteiger partial charge >= 0.3 is 0 Å². The van der Waals surface area contributed by atoms with Crippen molar-refractivity contribution in [2.45, 2.75) is 45.6 Å². The van der Waals surface area contributed by atoms with E-state index in [2.05, 4.69) is 10.1 Å². The molecule has 0 bridgehead atoms. The van der Waals surface area contributed by atoms with Gasteiger partial charge in [-0.2, -0.15) is 0 Å². The number of likely N-dealkylation sites (tertiary alicyclic amines) is 1. The van der Waals surface area contributed by atoms with E-state index in [0.29, 0.717) is 18.3 Å². The van der Waals surface area contributed by atoms with E-state index in [-0.39, 0.29) is 18.4 Å². The number of methoxy groups -OCH3 is 1. The van der Waals surface area contributed by atoms with Crippen LogP contribution in [0.1, 0.15) is 48.0 Å². The molecule has 174 valence electrons. The summed E-state index contributed by atoms with van der Waals surface area (Å²) < 4.78 is 10.6. The Labute approximate surface area is 194 Å². The van der Waals surface area contributed by atoms with Crippen LogP contribution in [0.2, 0.25) is 0 Å². The van der Waals surface area contributed by atoms with Crippen LogP contribution < -0.4 is 9.64 Å². The third-order valence-electron chi connectivity index (χ3n) is 6.25. The Kier molecular flexibility index (Phi) is 6.62. The number of aromatic nitrogens is 3. The predicted octanol–water partition coefficient (Wildman–Crippen LogP) is 4.12. The molecule has 1 amide bonds. The lowest BCUT2D eigenvalue weighted by molar-refractivity contribution is -0.134. The van der Waals surface area contributed by atoms with Crippen LogP contribution in [-0.4, -0.2) is 53.7 Å². The molecule has 1 aromatic carbocycles. The fourth-order valence-corrected chi connectivity index (χ4v) is 4.37. The summed E-state index contributed by atoms with van der Waals surface area (Å²) in [5.41, 5.74) is 4.46. The molecule has 1 fully saturated rings. The lowest BCUT2D eigenvalue weighted by Gasteiger charge is -2.36. The normalized spacial score (nSPS) is 16.0. The first-order valence-corrected chi connectivity index (χ1v) is 11.3. The van der Waals surface area contributed by atoms with Crippen molar-refractivity contribution in [1.29, 1.82) is 0 Å². The van der Waals surface area contributed by atoms with Crippen LogP contribution in [0.3, 0.4) is 0 Å². The number of carbonyl (C=O) groups is 1. The second kappa shape index (κ2) is 9.60. The standard InChI is InChI=1S/C25H31N5O3/c1-16-20(17(2)33-28-16)14-23(31)30-13-7-6-8-22(30)24-21(15-26-25(27-24)29(3)4)18-9-11-19(32-5)12-10-18/h9-12,15,22H,6-8,13-14H2,1-5H3. The van der Waals surface area contributed by atoms with Gasteiger partial charge in [0.2, 0.25) is 11.9 Å². The summed E-state index contributed by atoms with van der Waals surface area (Å²) in [5.74, 6) is 2.19. The number of amides is 1. The van der Waals surface area contributed by atoms with Gasteiger partial charge in [0.15, 0.2) is 0 Å². The Hall–Kier alpha value is -3.42. The van der Waals surface area contributed by atoms with Crippen LogP contribution in [0.5, 0.6) is 5.75 Å². The van der Waals surface area contributed by atoms with Gasteiger partial charge in [-0.1, -0.05) is 17.3 Å². The molecule has 0 saturated carbocycles. The molecule has 8 heteroatoms. The van der Waals surface area contributed by atoms with Crippen LogP contribution in [0.25, 0.3) is 11.1 Å². The smallest absolute Gasteiger partial charge is 0.227 e. The molecule has 3 aromatic rings. The monoisotopic (exact) mass is 449 g/mol. The van der Waals surface area contributed by atoms with Gasteiger partial charge in [0, 0.05) is 38.0 Å². The molecule has 1 unspecified atom stereocenters. The summed E-state index contributed by atoms with van der Waals surface area (Å²) in [5, 5.41) is 4.01. The molecule has 1 saturated heterocycles. The number of anilines is 1. The summed E-state index contributed by atoms with van der Waals surface area (Å²) in [6.45, 7) is 4.43. The Morgan fingerprint density at radius 1 is 1.21 bits per heavy atom. The average Bonchev–Trinajstić information content (AvgIpc) is 3.15. The van der Waals surface area contributed by atoms with Gasteiger partial charge in [0.05, 0.1) is 31.0 Å². The number of benzene rings is 1. The van der Waals surface area contributed by atoms with E-state index >= 15 is 0 Å². The van der Waals surface area contributed by atoms with E-state index in [1.54, 1.807) is 7.11 Å². The molecule has 3 heterocycles. The molecule has 2 aromatic heterocycles. The van der Waals surface area contributed by atoms with Crippen LogP contribution >= 0.6 is 0 Å². The lowest BCUT2D eigenvalue weighted by atomic mass is 9.93. The van der Waals surface area contributed by atoms with Crippen molar-refractivity contribution in [3.63, 3.8) is 0 Å². The number of hydrogen-bond donors (Lipinski definition) is 0. The van der Waals surface area contributed by atoms with E-state index in [0.717, 1.165) is 53.1 Å². The van der Waals surface area contributed by atoms with Gasteiger partial charge in [-0.15, -0.1) is 0 Å². The minimum Gasteiger partial charge on any atom is -0.497 e. The van der Waals surface area contributed by atoms with E-state index in [1.165, 1.54) is 0 Å². The first-order valence-electron chi connectivity index (χ1n) is 11.3. The second-order valence-electron chi connectivity index (χ2n) is 8.67. The molecular formula is C25H31N5O3. The Morgan fingerprint density at radius 2 is 1.97 bits per heavy atom. The summed E-state index contributed by atoms with van der Waals surface area (Å²) in [6, 6.07) is 7.76. The first-order chi connectivity index (χ1) is 15.9. The fraction of sp³-hybridized carbons (Fsp3) is 0.440. The van der Waals surface area contributed by atoms with Crippen LogP contribution in [0, 0.1) is 13.8 Å². The van der Waals surface area contributed by atoms with Crippen LogP contribution in [0.4, 0.5) is 5.95 Å². The highest BCUT2D eigenvalue weighted by molar-refractivity contribution is 5.80. The largest absolute Gasteiger partial charge is 0.497 e. The minimum atomic E-state index is -0.120. The van der Waals surface area contributed by atoms with Gasteiger partial charge < -0.3 is 19.1 Å². The topological polar surface area (TPSA) is 84.6 Å². The zero-order valence-electron chi connectivity index (χ0n) is 20.0. The van der Waals surface area contributed by atoms with Crippen molar-refractivity contribution in [2.24, 2.45) is 0 Å². The number of carbonyl (C=O) groups excluding carboxylic acids is 1. The number of ether oxygens (including phenoxy) is 1. The van der Waals surface area contributed by atoms with Crippen molar-refractivity contribution in [1.82, 2.24) is 20.0 Å². The number of rotatable bonds is 6. The van der Waals surface area contributed by atoms with Crippen molar-refractivity contribution in [3.05, 3.63) is 53.2 Å². The van der Waals surface area contributed by atoms with Gasteiger partial charge in [-0.05, 0) is 50.8 Å². The highest BCUT2D eigenvalue weighted by Gasteiger charge is 2.32. The highest BCUT2D eigenvalue weighted by Crippen LogP contribution is 2.37. The van der Waals surface area contributed by atoms with E-state index in [1.807, 2.05) is 68.2 Å². The Morgan fingerprint density at radius 3 is 2.61 bits per heavy atom. The SMILES string of the molecule is COc1ccc(-c2cnc(N(C)C)nc2C2CCCCN2C(=O)Cc2c(C)noc2C)cc1. The Bertz CT molecular complexity index is 1100. The third kappa shape index (κ3) is 4.69. The maximum Gasteiger partial charge on any atom is 0.227 e. The van der Waals surface area contributed by atoms with E-state index in [4.69, 9.17) is 14.2 Å². The number of nitrogens with zero attached hydrogens (tertiary/aromatic N) is 5. The number of aryl methyl sites for hydroxylation is 2. The molecular weight excluding hydrogens is 418 g/mol. The third-order valence-corrected chi connectivity index (χ3v) is 6.25. The molecule has 8 nitrogen and oxygen atoms in total.